The van der Waals surface area contributed by atoms with E-state index in [2.05, 4.69) is 0 Å². The number of rotatable bonds is 4. The van der Waals surface area contributed by atoms with Crippen LogP contribution in [0.2, 0.25) is 5.02 Å². The molecule has 0 radical (unpaired) electrons. The van der Waals surface area contributed by atoms with Crippen molar-refractivity contribution in [3.05, 3.63) is 28.8 Å². The summed E-state index contributed by atoms with van der Waals surface area (Å²) >= 11 is 5.88. The molecule has 0 spiro atoms. The third-order valence-corrected chi connectivity index (χ3v) is 2.73. The second-order valence-electron chi connectivity index (χ2n) is 4.27. The first kappa shape index (κ1) is 14.3. The quantitative estimate of drug-likeness (QED) is 0.851. The average Bonchev–Trinajstić information content (AvgIpc) is 2.27. The number of nitrogen functional groups attached to an aromatic ring is 1. The lowest BCUT2D eigenvalue weighted by Crippen LogP contribution is -2.37. The van der Waals surface area contributed by atoms with Crippen molar-refractivity contribution < 1.29 is 4.79 Å². The van der Waals surface area contributed by atoms with E-state index in [0.29, 0.717) is 29.2 Å². The van der Waals surface area contributed by atoms with Crippen LogP contribution in [0.1, 0.15) is 30.6 Å². The molecule has 96 valence electrons. The van der Waals surface area contributed by atoms with Crippen LogP contribution >= 0.6 is 11.6 Å². The van der Waals surface area contributed by atoms with Crippen molar-refractivity contribution in [2.24, 2.45) is 0 Å². The van der Waals surface area contributed by atoms with Gasteiger partial charge < -0.3 is 10.6 Å². The summed E-state index contributed by atoms with van der Waals surface area (Å²) in [5.41, 5.74) is 6.57. The van der Waals surface area contributed by atoms with Crippen LogP contribution in [0.4, 0.5) is 5.69 Å². The number of nitrogens with two attached hydrogens (primary N) is 1. The second kappa shape index (κ2) is 6.27. The largest absolute Gasteiger partial charge is 0.399 e. The molecule has 0 heterocycles. The fourth-order valence-corrected chi connectivity index (χ4v) is 1.91. The first-order valence-electron chi connectivity index (χ1n) is 5.69. The van der Waals surface area contributed by atoms with E-state index in [1.54, 1.807) is 23.1 Å². The van der Waals surface area contributed by atoms with Gasteiger partial charge in [0, 0.05) is 28.9 Å². The number of amides is 1. The summed E-state index contributed by atoms with van der Waals surface area (Å²) in [6.45, 7) is 4.21. The standard InChI is InChI=1S/C13H16ClN3O/c1-9(2)17(5-3-4-15)13(18)10-6-11(14)8-12(16)7-10/h6-9H,3,5,16H2,1-2H3. The van der Waals surface area contributed by atoms with Crippen LogP contribution in [-0.2, 0) is 0 Å². The van der Waals surface area contributed by atoms with Crippen molar-refractivity contribution in [2.75, 3.05) is 12.3 Å². The van der Waals surface area contributed by atoms with Gasteiger partial charge in [-0.2, -0.15) is 5.26 Å². The maximum atomic E-state index is 12.3. The summed E-state index contributed by atoms with van der Waals surface area (Å²) in [7, 11) is 0. The van der Waals surface area contributed by atoms with Gasteiger partial charge in [0.1, 0.15) is 0 Å². The maximum Gasteiger partial charge on any atom is 0.254 e. The molecule has 0 fully saturated rings. The molecule has 0 aliphatic heterocycles. The number of anilines is 1. The highest BCUT2D eigenvalue weighted by Crippen LogP contribution is 2.19. The van der Waals surface area contributed by atoms with Crippen LogP contribution in [0.25, 0.3) is 0 Å². The smallest absolute Gasteiger partial charge is 0.254 e. The molecule has 1 aromatic rings. The zero-order valence-electron chi connectivity index (χ0n) is 10.5. The van der Waals surface area contributed by atoms with Gasteiger partial charge in [-0.25, -0.2) is 0 Å². The highest BCUT2D eigenvalue weighted by atomic mass is 35.5. The van der Waals surface area contributed by atoms with Crippen LogP contribution in [0, 0.1) is 11.3 Å². The number of hydrogen-bond donors (Lipinski definition) is 1. The first-order valence-corrected chi connectivity index (χ1v) is 6.07. The Morgan fingerprint density at radius 2 is 2.17 bits per heavy atom. The third kappa shape index (κ3) is 3.64. The first-order chi connectivity index (χ1) is 8.45. The van der Waals surface area contributed by atoms with E-state index in [4.69, 9.17) is 22.6 Å². The Morgan fingerprint density at radius 1 is 1.50 bits per heavy atom. The summed E-state index contributed by atoms with van der Waals surface area (Å²) < 4.78 is 0. The molecule has 0 bridgehead atoms. The zero-order valence-corrected chi connectivity index (χ0v) is 11.2. The predicted octanol–water partition coefficient (Wildman–Crippen LogP) is 2.69. The maximum absolute atomic E-state index is 12.3. The summed E-state index contributed by atoms with van der Waals surface area (Å²) in [6.07, 6.45) is 0.306. The van der Waals surface area contributed by atoms with Crippen LogP contribution in [-0.4, -0.2) is 23.4 Å². The fourth-order valence-electron chi connectivity index (χ4n) is 1.67. The van der Waals surface area contributed by atoms with Gasteiger partial charge in [-0.05, 0) is 32.0 Å². The van der Waals surface area contributed by atoms with Crippen molar-refractivity contribution in [1.82, 2.24) is 4.90 Å². The van der Waals surface area contributed by atoms with E-state index < -0.39 is 0 Å². The van der Waals surface area contributed by atoms with Gasteiger partial charge in [0.25, 0.3) is 5.91 Å². The average molecular weight is 266 g/mol. The predicted molar refractivity (Wildman–Crippen MR) is 72.3 cm³/mol. The monoisotopic (exact) mass is 265 g/mol. The van der Waals surface area contributed by atoms with Crippen LogP contribution in [0.15, 0.2) is 18.2 Å². The van der Waals surface area contributed by atoms with Gasteiger partial charge in [-0.15, -0.1) is 0 Å². The summed E-state index contributed by atoms with van der Waals surface area (Å²) in [6, 6.07) is 6.83. The van der Waals surface area contributed by atoms with E-state index in [1.807, 2.05) is 19.9 Å². The Bertz CT molecular complexity index is 459. The number of nitriles is 1. The number of halogens is 1. The van der Waals surface area contributed by atoms with Crippen LogP contribution < -0.4 is 5.73 Å². The molecule has 0 aliphatic rings. The summed E-state index contributed by atoms with van der Waals surface area (Å²) in [4.78, 5) is 13.9. The molecule has 0 saturated heterocycles. The molecular weight excluding hydrogens is 250 g/mol. The minimum atomic E-state index is -0.158. The molecule has 0 saturated carbocycles. The molecule has 4 nitrogen and oxygen atoms in total. The Morgan fingerprint density at radius 3 is 2.67 bits per heavy atom. The normalized spacial score (nSPS) is 10.2. The van der Waals surface area contributed by atoms with E-state index in [9.17, 15) is 4.79 Å². The van der Waals surface area contributed by atoms with E-state index in [0.717, 1.165) is 0 Å². The van der Waals surface area contributed by atoms with E-state index >= 15 is 0 Å². The number of benzene rings is 1. The molecule has 1 aromatic carbocycles. The zero-order chi connectivity index (χ0) is 13.7. The van der Waals surface area contributed by atoms with Gasteiger partial charge in [-0.3, -0.25) is 4.79 Å². The molecule has 0 unspecified atom stereocenters. The number of carbonyl (C=O) groups excluding carboxylic acids is 1. The van der Waals surface area contributed by atoms with Gasteiger partial charge in [-0.1, -0.05) is 11.6 Å². The van der Waals surface area contributed by atoms with Crippen molar-refractivity contribution in [3.63, 3.8) is 0 Å². The van der Waals surface area contributed by atoms with Gasteiger partial charge in [0.05, 0.1) is 12.5 Å². The Balaban J connectivity index is 2.98. The van der Waals surface area contributed by atoms with E-state index in [1.165, 1.54) is 0 Å². The fraction of sp³-hybridized carbons (Fsp3) is 0.385. The topological polar surface area (TPSA) is 70.1 Å². The molecular formula is C13H16ClN3O. The van der Waals surface area contributed by atoms with Crippen LogP contribution in [0.5, 0.6) is 0 Å². The Kier molecular flexibility index (Phi) is 4.99. The number of carbonyl (C=O) groups is 1. The van der Waals surface area contributed by atoms with Crippen molar-refractivity contribution in [1.29, 1.82) is 5.26 Å². The summed E-state index contributed by atoms with van der Waals surface area (Å²) in [5, 5.41) is 9.04. The minimum absolute atomic E-state index is 0.0195. The molecule has 2 N–H and O–H groups in total. The Hall–Kier alpha value is -1.73. The van der Waals surface area contributed by atoms with Crippen molar-refractivity contribution in [2.45, 2.75) is 26.3 Å². The molecule has 0 atom stereocenters. The summed E-state index contributed by atoms with van der Waals surface area (Å²) in [5.74, 6) is -0.158. The molecule has 0 aliphatic carbocycles. The molecule has 1 amide bonds. The molecule has 18 heavy (non-hydrogen) atoms. The lowest BCUT2D eigenvalue weighted by Gasteiger charge is -2.26. The van der Waals surface area contributed by atoms with Crippen molar-refractivity contribution in [3.8, 4) is 6.07 Å². The number of nitrogens with zero attached hydrogens (tertiary/aromatic N) is 2. The van der Waals surface area contributed by atoms with Crippen LogP contribution in [0.3, 0.4) is 0 Å². The lowest BCUT2D eigenvalue weighted by molar-refractivity contribution is 0.0710. The molecule has 0 aromatic heterocycles. The van der Waals surface area contributed by atoms with Crippen molar-refractivity contribution >= 4 is 23.2 Å². The molecule has 1 rings (SSSR count). The molecule has 5 heteroatoms. The number of hydrogen-bond acceptors (Lipinski definition) is 3. The third-order valence-electron chi connectivity index (χ3n) is 2.52. The van der Waals surface area contributed by atoms with E-state index in [-0.39, 0.29) is 11.9 Å². The van der Waals surface area contributed by atoms with Gasteiger partial charge in [0.15, 0.2) is 0 Å². The minimum Gasteiger partial charge on any atom is -0.399 e. The Labute approximate surface area is 112 Å². The highest BCUT2D eigenvalue weighted by Gasteiger charge is 2.18. The second-order valence-corrected chi connectivity index (χ2v) is 4.71. The van der Waals surface area contributed by atoms with Gasteiger partial charge >= 0.3 is 0 Å². The SMILES string of the molecule is CC(C)N(CCC#N)C(=O)c1cc(N)cc(Cl)c1. The lowest BCUT2D eigenvalue weighted by atomic mass is 10.1. The van der Waals surface area contributed by atoms with Gasteiger partial charge in [0.2, 0.25) is 0 Å². The highest BCUT2D eigenvalue weighted by molar-refractivity contribution is 6.31.